The summed E-state index contributed by atoms with van der Waals surface area (Å²) in [6.45, 7) is 2.97. The maximum absolute atomic E-state index is 11.6. The molecule has 0 saturated carbocycles. The Kier molecular flexibility index (Phi) is 6.29. The molecule has 1 atom stereocenters. The summed E-state index contributed by atoms with van der Waals surface area (Å²) < 4.78 is 11.1. The van der Waals surface area contributed by atoms with Crippen molar-refractivity contribution in [2.24, 2.45) is 0 Å². The van der Waals surface area contributed by atoms with E-state index in [4.69, 9.17) is 21.1 Å². The number of ether oxygens (including phenoxy) is 2. The molecule has 0 spiro atoms. The molecule has 20 heavy (non-hydrogen) atoms. The third kappa shape index (κ3) is 4.68. The minimum Gasteiger partial charge on any atom is -0.480 e. The highest BCUT2D eigenvalue weighted by Crippen LogP contribution is 2.31. The summed E-state index contributed by atoms with van der Waals surface area (Å²) in [5, 5.41) is 2.78. The Morgan fingerprint density at radius 1 is 1.45 bits per heavy atom. The second-order valence-corrected chi connectivity index (χ2v) is 5.39. The normalized spacial score (nSPS) is 11.7. The average Bonchev–Trinajstić information content (AvgIpc) is 2.36. The third-order valence-electron chi connectivity index (χ3n) is 2.45. The maximum Gasteiger partial charge on any atom is 0.344 e. The molecule has 0 fully saturated rings. The van der Waals surface area contributed by atoms with Crippen molar-refractivity contribution in [3.05, 3.63) is 27.2 Å². The molecule has 0 aliphatic carbocycles. The highest BCUT2D eigenvalue weighted by Gasteiger charge is 2.17. The number of aryl methyl sites for hydroxylation is 1. The lowest BCUT2D eigenvalue weighted by molar-refractivity contribution is -0.156. The van der Waals surface area contributed by atoms with Crippen molar-refractivity contribution in [3.63, 3.8) is 0 Å². The van der Waals surface area contributed by atoms with Gasteiger partial charge in [-0.25, -0.2) is 4.79 Å². The van der Waals surface area contributed by atoms with Crippen molar-refractivity contribution in [1.29, 1.82) is 0 Å². The summed E-state index contributed by atoms with van der Waals surface area (Å²) >= 11 is 9.33. The van der Waals surface area contributed by atoms with E-state index in [0.717, 1.165) is 10.0 Å². The Bertz CT molecular complexity index is 498. The zero-order valence-corrected chi connectivity index (χ0v) is 13.7. The lowest BCUT2D eigenvalue weighted by Gasteiger charge is -2.14. The maximum atomic E-state index is 11.6. The smallest absolute Gasteiger partial charge is 0.344 e. The first kappa shape index (κ1) is 16.8. The van der Waals surface area contributed by atoms with Gasteiger partial charge < -0.3 is 14.8 Å². The molecule has 0 unspecified atom stereocenters. The monoisotopic (exact) mass is 363 g/mol. The van der Waals surface area contributed by atoms with Crippen LogP contribution in [0.15, 0.2) is 16.6 Å². The number of benzene rings is 1. The summed E-state index contributed by atoms with van der Waals surface area (Å²) in [7, 11) is 1.47. The lowest BCUT2D eigenvalue weighted by Crippen LogP contribution is -2.34. The first-order valence-electron chi connectivity index (χ1n) is 5.84. The van der Waals surface area contributed by atoms with Crippen molar-refractivity contribution in [2.75, 3.05) is 13.7 Å². The zero-order valence-electron chi connectivity index (χ0n) is 11.3. The number of hydrogen-bond acceptors (Lipinski definition) is 4. The van der Waals surface area contributed by atoms with Gasteiger partial charge >= 0.3 is 5.97 Å². The Balaban J connectivity index is 2.60. The molecular weight excluding hydrogens is 350 g/mol. The van der Waals surface area contributed by atoms with Crippen LogP contribution in [-0.2, 0) is 14.3 Å². The predicted molar refractivity (Wildman–Crippen MR) is 79.0 cm³/mol. The molecule has 0 aromatic heterocycles. The first-order valence-corrected chi connectivity index (χ1v) is 7.01. The van der Waals surface area contributed by atoms with E-state index in [0.29, 0.717) is 10.8 Å². The summed E-state index contributed by atoms with van der Waals surface area (Å²) in [5.41, 5.74) is 0.788. The van der Waals surface area contributed by atoms with E-state index in [1.165, 1.54) is 14.0 Å². The SMILES string of the molecule is CNC(=O)[C@@H](C)OC(=O)COc1c(C)cc(Br)cc1Cl. The fourth-order valence-electron chi connectivity index (χ4n) is 1.49. The Labute approximate surface area is 130 Å². The molecule has 0 aliphatic heterocycles. The molecule has 110 valence electrons. The van der Waals surface area contributed by atoms with E-state index >= 15 is 0 Å². The number of nitrogens with one attached hydrogen (secondary N) is 1. The number of esters is 1. The van der Waals surface area contributed by atoms with Crippen LogP contribution >= 0.6 is 27.5 Å². The van der Waals surface area contributed by atoms with Crippen molar-refractivity contribution < 1.29 is 19.1 Å². The number of amides is 1. The van der Waals surface area contributed by atoms with Crippen LogP contribution in [0.25, 0.3) is 0 Å². The molecule has 1 N–H and O–H groups in total. The van der Waals surface area contributed by atoms with Crippen molar-refractivity contribution in [2.45, 2.75) is 20.0 Å². The van der Waals surface area contributed by atoms with Crippen LogP contribution in [0.3, 0.4) is 0 Å². The second-order valence-electron chi connectivity index (χ2n) is 4.07. The highest BCUT2D eigenvalue weighted by molar-refractivity contribution is 9.10. The van der Waals surface area contributed by atoms with Gasteiger partial charge in [-0.05, 0) is 31.5 Å². The Hall–Kier alpha value is -1.27. The largest absolute Gasteiger partial charge is 0.480 e. The van der Waals surface area contributed by atoms with Crippen LogP contribution in [0.1, 0.15) is 12.5 Å². The van der Waals surface area contributed by atoms with Gasteiger partial charge in [0.05, 0.1) is 5.02 Å². The van der Waals surface area contributed by atoms with Gasteiger partial charge in [0, 0.05) is 11.5 Å². The predicted octanol–water partition coefficient (Wildman–Crippen LogP) is 2.47. The molecule has 0 aliphatic rings. The van der Waals surface area contributed by atoms with E-state index in [1.54, 1.807) is 6.07 Å². The van der Waals surface area contributed by atoms with Gasteiger partial charge in [-0.15, -0.1) is 0 Å². The summed E-state index contributed by atoms with van der Waals surface area (Å²) in [4.78, 5) is 22.8. The Morgan fingerprint density at radius 3 is 2.65 bits per heavy atom. The number of carbonyl (C=O) groups is 2. The summed E-state index contributed by atoms with van der Waals surface area (Å²) in [6, 6.07) is 3.49. The van der Waals surface area contributed by atoms with E-state index in [-0.39, 0.29) is 12.5 Å². The van der Waals surface area contributed by atoms with Crippen molar-refractivity contribution in [3.8, 4) is 5.75 Å². The van der Waals surface area contributed by atoms with Crippen LogP contribution < -0.4 is 10.1 Å². The number of likely N-dealkylation sites (N-methyl/N-ethyl adjacent to an activating group) is 1. The standard InChI is InChI=1S/C13H15BrClNO4/c1-7-4-9(14)5-10(15)12(7)19-6-11(17)20-8(2)13(18)16-3/h4-5,8H,6H2,1-3H3,(H,16,18)/t8-/m1/s1. The summed E-state index contributed by atoms with van der Waals surface area (Å²) in [6.07, 6.45) is -0.863. The fourth-order valence-corrected chi connectivity index (χ4v) is 2.52. The van der Waals surface area contributed by atoms with Crippen LogP contribution in [-0.4, -0.2) is 31.6 Å². The first-order chi connectivity index (χ1) is 9.35. The Morgan fingerprint density at radius 2 is 2.10 bits per heavy atom. The average molecular weight is 365 g/mol. The van der Waals surface area contributed by atoms with Gasteiger partial charge in [-0.2, -0.15) is 0 Å². The molecule has 1 amide bonds. The molecule has 1 aromatic carbocycles. The van der Waals surface area contributed by atoms with Gasteiger partial charge in [0.15, 0.2) is 12.7 Å². The topological polar surface area (TPSA) is 64.6 Å². The van der Waals surface area contributed by atoms with Crippen LogP contribution in [0.5, 0.6) is 5.75 Å². The minimum absolute atomic E-state index is 0.316. The molecule has 5 nitrogen and oxygen atoms in total. The van der Waals surface area contributed by atoms with Gasteiger partial charge in [0.25, 0.3) is 5.91 Å². The van der Waals surface area contributed by atoms with E-state index in [9.17, 15) is 9.59 Å². The van der Waals surface area contributed by atoms with Gasteiger partial charge in [-0.1, -0.05) is 27.5 Å². The highest BCUT2D eigenvalue weighted by atomic mass is 79.9. The van der Waals surface area contributed by atoms with Crippen molar-refractivity contribution in [1.82, 2.24) is 5.32 Å². The van der Waals surface area contributed by atoms with Crippen LogP contribution in [0.4, 0.5) is 0 Å². The number of hydrogen-bond donors (Lipinski definition) is 1. The number of halogens is 2. The lowest BCUT2D eigenvalue weighted by atomic mass is 10.2. The van der Waals surface area contributed by atoms with Crippen LogP contribution in [0.2, 0.25) is 5.02 Å². The third-order valence-corrected chi connectivity index (χ3v) is 3.19. The second kappa shape index (κ2) is 7.50. The van der Waals surface area contributed by atoms with Crippen LogP contribution in [0, 0.1) is 6.92 Å². The zero-order chi connectivity index (χ0) is 15.3. The van der Waals surface area contributed by atoms with E-state index < -0.39 is 12.1 Å². The molecule has 0 heterocycles. The minimum atomic E-state index is -0.863. The molecule has 1 aromatic rings. The molecular formula is C13H15BrClNO4. The van der Waals surface area contributed by atoms with Gasteiger partial charge in [0.1, 0.15) is 5.75 Å². The fraction of sp³-hybridized carbons (Fsp3) is 0.385. The number of carbonyl (C=O) groups excluding carboxylic acids is 2. The van der Waals surface area contributed by atoms with Gasteiger partial charge in [0.2, 0.25) is 0 Å². The molecule has 0 radical (unpaired) electrons. The number of rotatable bonds is 5. The molecule has 0 saturated heterocycles. The van der Waals surface area contributed by atoms with Crippen molar-refractivity contribution >= 4 is 39.4 Å². The van der Waals surface area contributed by atoms with Gasteiger partial charge in [-0.3, -0.25) is 4.79 Å². The molecule has 1 rings (SSSR count). The summed E-state index contributed by atoms with van der Waals surface area (Å²) in [5.74, 6) is -0.602. The molecule has 0 bridgehead atoms. The quantitative estimate of drug-likeness (QED) is 0.815. The van der Waals surface area contributed by atoms with E-state index in [1.807, 2.05) is 13.0 Å². The molecule has 7 heteroatoms. The van der Waals surface area contributed by atoms with E-state index in [2.05, 4.69) is 21.2 Å².